The summed E-state index contributed by atoms with van der Waals surface area (Å²) < 4.78 is 10.4. The van der Waals surface area contributed by atoms with Crippen molar-refractivity contribution in [1.29, 1.82) is 0 Å². The average molecular weight is 263 g/mol. The number of rotatable bonds is 6. The second-order valence-electron chi connectivity index (χ2n) is 5.05. The van der Waals surface area contributed by atoms with Crippen molar-refractivity contribution >= 4 is 5.78 Å². The topological polar surface area (TPSA) is 38.8 Å². The lowest BCUT2D eigenvalue weighted by molar-refractivity contribution is -0.123. The molecule has 1 aliphatic rings. The van der Waals surface area contributed by atoms with Crippen molar-refractivity contribution in [1.82, 2.24) is 4.90 Å². The van der Waals surface area contributed by atoms with Gasteiger partial charge in [0, 0.05) is 19.1 Å². The first kappa shape index (κ1) is 14.0. The van der Waals surface area contributed by atoms with Crippen molar-refractivity contribution < 1.29 is 14.3 Å². The summed E-state index contributed by atoms with van der Waals surface area (Å²) in [6.07, 6.45) is 0.867. The number of carbonyl (C=O) groups is 1. The number of nitrogens with zero attached hydrogens (tertiary/aromatic N) is 1. The summed E-state index contributed by atoms with van der Waals surface area (Å²) in [5.41, 5.74) is 1.15. The Balaban J connectivity index is 1.85. The van der Waals surface area contributed by atoms with Gasteiger partial charge in [0.25, 0.3) is 0 Å². The van der Waals surface area contributed by atoms with Gasteiger partial charge in [0.2, 0.25) is 0 Å². The third-order valence-electron chi connectivity index (χ3n) is 3.40. The number of benzene rings is 1. The molecule has 1 aliphatic heterocycles. The van der Waals surface area contributed by atoms with Gasteiger partial charge in [-0.05, 0) is 31.2 Å². The van der Waals surface area contributed by atoms with Gasteiger partial charge in [-0.3, -0.25) is 9.69 Å². The highest BCUT2D eigenvalue weighted by atomic mass is 16.5. The third-order valence-corrected chi connectivity index (χ3v) is 3.40. The summed E-state index contributed by atoms with van der Waals surface area (Å²) >= 11 is 0. The van der Waals surface area contributed by atoms with Gasteiger partial charge < -0.3 is 9.47 Å². The molecule has 19 heavy (non-hydrogen) atoms. The van der Waals surface area contributed by atoms with Crippen LogP contribution in [0.3, 0.4) is 0 Å². The van der Waals surface area contributed by atoms with Crippen LogP contribution in [0, 0.1) is 5.92 Å². The smallest absolute Gasteiger partial charge is 0.152 e. The zero-order valence-corrected chi connectivity index (χ0v) is 11.6. The Morgan fingerprint density at radius 2 is 2.37 bits per heavy atom. The van der Waals surface area contributed by atoms with Crippen molar-refractivity contribution in [2.75, 3.05) is 33.9 Å². The van der Waals surface area contributed by atoms with Crippen LogP contribution in [-0.2, 0) is 16.1 Å². The minimum absolute atomic E-state index is 0.0905. The maximum atomic E-state index is 12.0. The summed E-state index contributed by atoms with van der Waals surface area (Å²) in [4.78, 5) is 14.1. The molecule has 0 radical (unpaired) electrons. The Morgan fingerprint density at radius 1 is 1.53 bits per heavy atom. The van der Waals surface area contributed by atoms with Crippen molar-refractivity contribution in [2.45, 2.75) is 13.0 Å². The normalized spacial score (nSPS) is 18.8. The summed E-state index contributed by atoms with van der Waals surface area (Å²) in [5, 5.41) is 0. The highest BCUT2D eigenvalue weighted by molar-refractivity contribution is 5.83. The SMILES string of the molecule is COc1cccc(CN(C)CC(=O)C2CCOC2)c1. The average Bonchev–Trinajstić information content (AvgIpc) is 2.92. The number of hydrogen-bond acceptors (Lipinski definition) is 4. The molecule has 0 saturated carbocycles. The predicted octanol–water partition coefficient (Wildman–Crippen LogP) is 1.73. The van der Waals surface area contributed by atoms with Crippen molar-refractivity contribution in [3.63, 3.8) is 0 Å². The minimum Gasteiger partial charge on any atom is -0.497 e. The lowest BCUT2D eigenvalue weighted by atomic mass is 10.0. The van der Waals surface area contributed by atoms with Crippen LogP contribution in [0.5, 0.6) is 5.75 Å². The number of ketones is 1. The van der Waals surface area contributed by atoms with Gasteiger partial charge in [-0.15, -0.1) is 0 Å². The van der Waals surface area contributed by atoms with E-state index in [1.54, 1.807) is 7.11 Å². The molecule has 1 atom stereocenters. The van der Waals surface area contributed by atoms with Crippen molar-refractivity contribution in [3.8, 4) is 5.75 Å². The lowest BCUT2D eigenvalue weighted by Gasteiger charge is -2.18. The van der Waals surface area contributed by atoms with E-state index in [1.807, 2.05) is 36.2 Å². The summed E-state index contributed by atoms with van der Waals surface area (Å²) in [7, 11) is 3.62. The Labute approximate surface area is 114 Å². The molecule has 1 aromatic carbocycles. The van der Waals surface area contributed by atoms with Gasteiger partial charge in [0.1, 0.15) is 5.75 Å². The van der Waals surface area contributed by atoms with E-state index >= 15 is 0 Å². The lowest BCUT2D eigenvalue weighted by Crippen LogP contribution is -2.30. The molecule has 0 bridgehead atoms. The van der Waals surface area contributed by atoms with Gasteiger partial charge in [0.15, 0.2) is 5.78 Å². The van der Waals surface area contributed by atoms with Crippen molar-refractivity contribution in [2.24, 2.45) is 5.92 Å². The molecule has 1 heterocycles. The van der Waals surface area contributed by atoms with Crippen LogP contribution in [0.2, 0.25) is 0 Å². The highest BCUT2D eigenvalue weighted by Crippen LogP contribution is 2.16. The van der Waals surface area contributed by atoms with E-state index in [4.69, 9.17) is 9.47 Å². The standard InChI is InChI=1S/C15H21NO3/c1-16(10-15(17)13-6-7-19-11-13)9-12-4-3-5-14(8-12)18-2/h3-5,8,13H,6-7,9-11H2,1-2H3. The molecular formula is C15H21NO3. The molecule has 4 heteroatoms. The molecule has 1 unspecified atom stereocenters. The van der Waals surface area contributed by atoms with Crippen LogP contribution < -0.4 is 4.74 Å². The van der Waals surface area contributed by atoms with Crippen LogP contribution in [0.25, 0.3) is 0 Å². The predicted molar refractivity (Wildman–Crippen MR) is 73.3 cm³/mol. The fourth-order valence-electron chi connectivity index (χ4n) is 2.32. The van der Waals surface area contributed by atoms with Gasteiger partial charge in [-0.25, -0.2) is 0 Å². The van der Waals surface area contributed by atoms with Crippen molar-refractivity contribution in [3.05, 3.63) is 29.8 Å². The molecule has 2 rings (SSSR count). The highest BCUT2D eigenvalue weighted by Gasteiger charge is 2.24. The van der Waals surface area contributed by atoms with Crippen LogP contribution in [-0.4, -0.2) is 44.6 Å². The first-order valence-electron chi connectivity index (χ1n) is 6.61. The molecule has 0 aliphatic carbocycles. The number of ether oxygens (including phenoxy) is 2. The van der Waals surface area contributed by atoms with Gasteiger partial charge in [-0.2, -0.15) is 0 Å². The zero-order chi connectivity index (χ0) is 13.7. The Morgan fingerprint density at radius 3 is 3.05 bits per heavy atom. The number of carbonyl (C=O) groups excluding carboxylic acids is 1. The van der Waals surface area contributed by atoms with E-state index in [0.29, 0.717) is 13.2 Å². The first-order chi connectivity index (χ1) is 9.19. The van der Waals surface area contributed by atoms with Crippen LogP contribution in [0.1, 0.15) is 12.0 Å². The Hall–Kier alpha value is -1.39. The molecule has 0 spiro atoms. The molecule has 4 nitrogen and oxygen atoms in total. The molecule has 1 saturated heterocycles. The van der Waals surface area contributed by atoms with E-state index in [-0.39, 0.29) is 11.7 Å². The number of methoxy groups -OCH3 is 1. The first-order valence-corrected chi connectivity index (χ1v) is 6.61. The molecule has 1 aromatic rings. The molecule has 1 fully saturated rings. The number of hydrogen-bond donors (Lipinski definition) is 0. The van der Waals surface area contributed by atoms with Crippen LogP contribution >= 0.6 is 0 Å². The summed E-state index contributed by atoms with van der Waals surface area (Å²) in [5.74, 6) is 1.22. The monoisotopic (exact) mass is 263 g/mol. The van der Waals surface area contributed by atoms with E-state index in [0.717, 1.165) is 30.9 Å². The van der Waals surface area contributed by atoms with E-state index in [9.17, 15) is 4.79 Å². The molecule has 0 N–H and O–H groups in total. The van der Waals surface area contributed by atoms with Crippen LogP contribution in [0.4, 0.5) is 0 Å². The fourth-order valence-corrected chi connectivity index (χ4v) is 2.32. The second-order valence-corrected chi connectivity index (χ2v) is 5.05. The number of likely N-dealkylation sites (N-methyl/N-ethyl adjacent to an activating group) is 1. The molecule has 0 aromatic heterocycles. The van der Waals surface area contributed by atoms with E-state index in [2.05, 4.69) is 0 Å². The second kappa shape index (κ2) is 6.68. The fraction of sp³-hybridized carbons (Fsp3) is 0.533. The summed E-state index contributed by atoms with van der Waals surface area (Å²) in [6, 6.07) is 7.93. The Bertz CT molecular complexity index is 427. The third kappa shape index (κ3) is 4.04. The van der Waals surface area contributed by atoms with E-state index in [1.165, 1.54) is 0 Å². The largest absolute Gasteiger partial charge is 0.497 e. The zero-order valence-electron chi connectivity index (χ0n) is 11.6. The van der Waals surface area contributed by atoms with Crippen LogP contribution in [0.15, 0.2) is 24.3 Å². The molecule has 104 valence electrons. The quantitative estimate of drug-likeness (QED) is 0.783. The maximum absolute atomic E-state index is 12.0. The summed E-state index contributed by atoms with van der Waals surface area (Å²) in [6.45, 7) is 2.53. The van der Waals surface area contributed by atoms with E-state index < -0.39 is 0 Å². The number of Topliss-reactive ketones (excluding diaryl/α,β-unsaturated/α-hetero) is 1. The molecule has 0 amide bonds. The molecular weight excluding hydrogens is 242 g/mol. The maximum Gasteiger partial charge on any atom is 0.152 e. The van der Waals surface area contributed by atoms with Gasteiger partial charge >= 0.3 is 0 Å². The Kier molecular flexibility index (Phi) is 4.93. The van der Waals surface area contributed by atoms with Gasteiger partial charge in [-0.1, -0.05) is 12.1 Å². The van der Waals surface area contributed by atoms with Gasteiger partial charge in [0.05, 0.1) is 20.3 Å². The minimum atomic E-state index is 0.0905.